The molecule has 1 N–H and O–H groups in total. The number of nitrogens with one attached hydrogen (secondary N) is 1. The highest BCUT2D eigenvalue weighted by atomic mass is 19.1. The van der Waals surface area contributed by atoms with Gasteiger partial charge in [0, 0.05) is 6.07 Å². The Morgan fingerprint density at radius 3 is 2.88 bits per heavy atom. The molecule has 0 spiro atoms. The summed E-state index contributed by atoms with van der Waals surface area (Å²) >= 11 is 0. The summed E-state index contributed by atoms with van der Waals surface area (Å²) in [6.07, 6.45) is -0.0292. The Kier molecular flexibility index (Phi) is 3.18. The van der Waals surface area contributed by atoms with Crippen molar-refractivity contribution in [3.05, 3.63) is 47.5 Å². The molecule has 0 aliphatic rings. The highest BCUT2D eigenvalue weighted by molar-refractivity contribution is 5.91. The van der Waals surface area contributed by atoms with Crippen LogP contribution in [0.1, 0.15) is 11.3 Å². The number of anilines is 1. The monoisotopic (exact) mass is 234 g/mol. The second-order valence-electron chi connectivity index (χ2n) is 3.64. The van der Waals surface area contributed by atoms with Crippen LogP contribution in [0.25, 0.3) is 0 Å². The number of benzene rings is 1. The lowest BCUT2D eigenvalue weighted by Crippen LogP contribution is -2.15. The van der Waals surface area contributed by atoms with Gasteiger partial charge in [-0.15, -0.1) is 0 Å². The zero-order chi connectivity index (χ0) is 12.3. The van der Waals surface area contributed by atoms with Crippen molar-refractivity contribution in [2.24, 2.45) is 0 Å². The van der Waals surface area contributed by atoms with E-state index in [4.69, 9.17) is 4.52 Å². The van der Waals surface area contributed by atoms with Crippen LogP contribution in [-0.4, -0.2) is 11.1 Å². The number of nitrogens with zero attached hydrogens (tertiary/aromatic N) is 1. The van der Waals surface area contributed by atoms with E-state index in [1.165, 1.54) is 6.07 Å². The molecule has 0 aliphatic carbocycles. The maximum atomic E-state index is 13.3. The highest BCUT2D eigenvalue weighted by Gasteiger charge is 2.09. The summed E-state index contributed by atoms with van der Waals surface area (Å²) in [5, 5.41) is 6.15. The van der Waals surface area contributed by atoms with Crippen LogP contribution in [0.4, 0.5) is 10.2 Å². The molecule has 17 heavy (non-hydrogen) atoms. The number of halogens is 1. The predicted molar refractivity (Wildman–Crippen MR) is 60.0 cm³/mol. The van der Waals surface area contributed by atoms with Crippen LogP contribution in [0.3, 0.4) is 0 Å². The zero-order valence-electron chi connectivity index (χ0n) is 9.24. The average molecular weight is 234 g/mol. The van der Waals surface area contributed by atoms with Crippen LogP contribution in [0, 0.1) is 12.7 Å². The molecule has 0 fully saturated rings. The summed E-state index contributed by atoms with van der Waals surface area (Å²) in [4.78, 5) is 11.6. The third-order valence-corrected chi connectivity index (χ3v) is 2.20. The maximum absolute atomic E-state index is 13.3. The minimum absolute atomic E-state index is 0.0292. The summed E-state index contributed by atoms with van der Waals surface area (Å²) < 4.78 is 18.1. The summed E-state index contributed by atoms with van der Waals surface area (Å²) in [5.41, 5.74) is 0.352. The van der Waals surface area contributed by atoms with Gasteiger partial charge in [-0.3, -0.25) is 4.79 Å². The molecule has 0 atom stereocenters. The largest absolute Gasteiger partial charge is 0.360 e. The molecular formula is C12H11FN2O2. The Morgan fingerprint density at radius 2 is 2.24 bits per heavy atom. The highest BCUT2D eigenvalue weighted by Crippen LogP contribution is 2.10. The molecule has 0 saturated heterocycles. The standard InChI is InChI=1S/C12H11FN2O2/c1-8-6-11(15-17-8)14-12(16)7-9-4-2-3-5-10(9)13/h2-6H,7H2,1H3,(H,14,15,16). The molecule has 0 radical (unpaired) electrons. The van der Waals surface area contributed by atoms with E-state index in [0.29, 0.717) is 17.1 Å². The number of carbonyl (C=O) groups is 1. The molecule has 0 aliphatic heterocycles. The first-order chi connectivity index (χ1) is 8.15. The number of carbonyl (C=O) groups excluding carboxylic acids is 1. The lowest BCUT2D eigenvalue weighted by atomic mass is 10.1. The molecule has 1 heterocycles. The van der Waals surface area contributed by atoms with E-state index in [1.807, 2.05) is 0 Å². The summed E-state index contributed by atoms with van der Waals surface area (Å²) in [6.45, 7) is 1.72. The quantitative estimate of drug-likeness (QED) is 0.886. The smallest absolute Gasteiger partial charge is 0.230 e. The zero-order valence-corrected chi connectivity index (χ0v) is 9.24. The number of hydrogen-bond donors (Lipinski definition) is 1. The van der Waals surface area contributed by atoms with E-state index in [-0.39, 0.29) is 18.1 Å². The molecule has 5 heteroatoms. The number of aromatic nitrogens is 1. The van der Waals surface area contributed by atoms with Gasteiger partial charge >= 0.3 is 0 Å². The Morgan fingerprint density at radius 1 is 1.47 bits per heavy atom. The number of hydrogen-bond acceptors (Lipinski definition) is 3. The van der Waals surface area contributed by atoms with E-state index in [1.54, 1.807) is 31.2 Å². The Labute approximate surface area is 97.4 Å². The number of rotatable bonds is 3. The third-order valence-electron chi connectivity index (χ3n) is 2.20. The summed E-state index contributed by atoms with van der Waals surface area (Å²) in [5.74, 6) is 0.220. The van der Waals surface area contributed by atoms with Crippen LogP contribution >= 0.6 is 0 Å². The first-order valence-electron chi connectivity index (χ1n) is 5.12. The molecule has 1 amide bonds. The van der Waals surface area contributed by atoms with Crippen LogP contribution in [0.15, 0.2) is 34.9 Å². The molecule has 88 valence electrons. The third kappa shape index (κ3) is 2.90. The first kappa shape index (κ1) is 11.3. The van der Waals surface area contributed by atoms with Crippen molar-refractivity contribution in [1.29, 1.82) is 0 Å². The second-order valence-corrected chi connectivity index (χ2v) is 3.64. The molecule has 0 unspecified atom stereocenters. The predicted octanol–water partition coefficient (Wildman–Crippen LogP) is 2.30. The van der Waals surface area contributed by atoms with E-state index in [2.05, 4.69) is 10.5 Å². The van der Waals surface area contributed by atoms with Crippen molar-refractivity contribution in [3.63, 3.8) is 0 Å². The molecular weight excluding hydrogens is 223 g/mol. The van der Waals surface area contributed by atoms with Crippen molar-refractivity contribution in [2.45, 2.75) is 13.3 Å². The minimum Gasteiger partial charge on any atom is -0.360 e. The van der Waals surface area contributed by atoms with Crippen LogP contribution in [0.5, 0.6) is 0 Å². The van der Waals surface area contributed by atoms with Crippen molar-refractivity contribution in [2.75, 3.05) is 5.32 Å². The average Bonchev–Trinajstić information content (AvgIpc) is 2.67. The first-order valence-corrected chi connectivity index (χ1v) is 5.12. The minimum atomic E-state index is -0.390. The van der Waals surface area contributed by atoms with Crippen LogP contribution in [-0.2, 0) is 11.2 Å². The van der Waals surface area contributed by atoms with Crippen molar-refractivity contribution >= 4 is 11.7 Å². The maximum Gasteiger partial charge on any atom is 0.230 e. The fourth-order valence-corrected chi connectivity index (χ4v) is 1.43. The van der Waals surface area contributed by atoms with E-state index in [0.717, 1.165) is 0 Å². The van der Waals surface area contributed by atoms with Gasteiger partial charge in [0.1, 0.15) is 11.6 Å². The van der Waals surface area contributed by atoms with Gasteiger partial charge < -0.3 is 9.84 Å². The molecule has 1 aromatic carbocycles. The van der Waals surface area contributed by atoms with Crippen LogP contribution in [0.2, 0.25) is 0 Å². The fourth-order valence-electron chi connectivity index (χ4n) is 1.43. The number of amides is 1. The van der Waals surface area contributed by atoms with Gasteiger partial charge in [-0.2, -0.15) is 0 Å². The summed E-state index contributed by atoms with van der Waals surface area (Å²) in [7, 11) is 0. The lowest BCUT2D eigenvalue weighted by Gasteiger charge is -2.02. The molecule has 2 rings (SSSR count). The normalized spacial score (nSPS) is 10.2. The molecule has 2 aromatic rings. The Balaban J connectivity index is 2.01. The number of aryl methyl sites for hydroxylation is 1. The van der Waals surface area contributed by atoms with Gasteiger partial charge in [0.15, 0.2) is 5.82 Å². The van der Waals surface area contributed by atoms with Gasteiger partial charge in [-0.1, -0.05) is 23.4 Å². The van der Waals surface area contributed by atoms with Crippen LogP contribution < -0.4 is 5.32 Å². The van der Waals surface area contributed by atoms with E-state index in [9.17, 15) is 9.18 Å². The second kappa shape index (κ2) is 4.78. The van der Waals surface area contributed by atoms with E-state index < -0.39 is 0 Å². The van der Waals surface area contributed by atoms with Crippen molar-refractivity contribution in [3.8, 4) is 0 Å². The molecule has 0 bridgehead atoms. The van der Waals surface area contributed by atoms with Crippen molar-refractivity contribution in [1.82, 2.24) is 5.16 Å². The Hall–Kier alpha value is -2.17. The van der Waals surface area contributed by atoms with Gasteiger partial charge in [0.05, 0.1) is 6.42 Å². The molecule has 1 aromatic heterocycles. The SMILES string of the molecule is Cc1cc(NC(=O)Cc2ccccc2F)no1. The van der Waals surface area contributed by atoms with Gasteiger partial charge in [0.25, 0.3) is 0 Å². The van der Waals surface area contributed by atoms with Crippen molar-refractivity contribution < 1.29 is 13.7 Å². The summed E-state index contributed by atoms with van der Waals surface area (Å²) in [6, 6.07) is 7.76. The van der Waals surface area contributed by atoms with Gasteiger partial charge in [-0.25, -0.2) is 4.39 Å². The molecule has 4 nitrogen and oxygen atoms in total. The van der Waals surface area contributed by atoms with Gasteiger partial charge in [0.2, 0.25) is 5.91 Å². The molecule has 0 saturated carbocycles. The van der Waals surface area contributed by atoms with Gasteiger partial charge in [-0.05, 0) is 18.6 Å². The Bertz CT molecular complexity index is 537. The topological polar surface area (TPSA) is 55.1 Å². The lowest BCUT2D eigenvalue weighted by molar-refractivity contribution is -0.115. The van der Waals surface area contributed by atoms with E-state index >= 15 is 0 Å². The fraction of sp³-hybridized carbons (Fsp3) is 0.167.